The maximum Gasteiger partial charge on any atom is 0.153 e. The monoisotopic (exact) mass is 289 g/mol. The van der Waals surface area contributed by atoms with Gasteiger partial charge < -0.3 is 5.73 Å². The van der Waals surface area contributed by atoms with Crippen molar-refractivity contribution in [2.45, 2.75) is 38.5 Å². The number of aromatic nitrogens is 2. The largest absolute Gasteiger partial charge is 0.382 e. The number of halogens is 1. The lowest BCUT2D eigenvalue weighted by Gasteiger charge is -2.10. The Labute approximate surface area is 124 Å². The number of hydrogen-bond acceptors (Lipinski definition) is 2. The summed E-state index contributed by atoms with van der Waals surface area (Å²) in [6.07, 6.45) is 7.70. The molecule has 20 heavy (non-hydrogen) atoms. The van der Waals surface area contributed by atoms with Crippen LogP contribution in [0.2, 0.25) is 5.02 Å². The predicted octanol–water partition coefficient (Wildman–Crippen LogP) is 4.44. The van der Waals surface area contributed by atoms with Crippen molar-refractivity contribution in [2.24, 2.45) is 5.92 Å². The Morgan fingerprint density at radius 3 is 2.75 bits per heavy atom. The smallest absolute Gasteiger partial charge is 0.153 e. The highest BCUT2D eigenvalue weighted by Crippen LogP contribution is 2.35. The van der Waals surface area contributed by atoms with E-state index in [0.29, 0.717) is 5.82 Å². The molecule has 1 aromatic carbocycles. The minimum absolute atomic E-state index is 0.541. The minimum Gasteiger partial charge on any atom is -0.382 e. The van der Waals surface area contributed by atoms with Crippen molar-refractivity contribution >= 4 is 17.4 Å². The van der Waals surface area contributed by atoms with Crippen LogP contribution >= 0.6 is 11.6 Å². The lowest BCUT2D eigenvalue weighted by atomic mass is 9.97. The predicted molar refractivity (Wildman–Crippen MR) is 83.7 cm³/mol. The normalized spacial score (nSPS) is 15.8. The summed E-state index contributed by atoms with van der Waals surface area (Å²) in [4.78, 5) is 0. The number of nitrogen functional groups attached to an aromatic ring is 1. The fourth-order valence-corrected chi connectivity index (χ4v) is 3.42. The van der Waals surface area contributed by atoms with Crippen molar-refractivity contribution in [1.29, 1.82) is 0 Å². The minimum atomic E-state index is 0.541. The van der Waals surface area contributed by atoms with Crippen molar-refractivity contribution in [3.63, 3.8) is 0 Å². The van der Waals surface area contributed by atoms with E-state index >= 15 is 0 Å². The van der Waals surface area contributed by atoms with Crippen molar-refractivity contribution in [2.75, 3.05) is 5.73 Å². The van der Waals surface area contributed by atoms with Gasteiger partial charge >= 0.3 is 0 Å². The third kappa shape index (κ3) is 2.68. The Bertz CT molecular complexity index is 585. The van der Waals surface area contributed by atoms with Gasteiger partial charge in [0.2, 0.25) is 0 Å². The SMILES string of the molecule is Nc1n[nH]c(CCC2CCCC2)c1-c1ccccc1Cl. The van der Waals surface area contributed by atoms with Crippen LogP contribution in [0.5, 0.6) is 0 Å². The van der Waals surface area contributed by atoms with E-state index < -0.39 is 0 Å². The first kappa shape index (κ1) is 13.5. The molecule has 0 spiro atoms. The van der Waals surface area contributed by atoms with Gasteiger partial charge in [-0.15, -0.1) is 0 Å². The second kappa shape index (κ2) is 5.88. The number of anilines is 1. The van der Waals surface area contributed by atoms with Gasteiger partial charge in [-0.2, -0.15) is 5.10 Å². The average molecular weight is 290 g/mol. The van der Waals surface area contributed by atoms with Gasteiger partial charge in [-0.25, -0.2) is 0 Å². The summed E-state index contributed by atoms with van der Waals surface area (Å²) in [6.45, 7) is 0. The Hall–Kier alpha value is -1.48. The Morgan fingerprint density at radius 1 is 1.25 bits per heavy atom. The highest BCUT2D eigenvalue weighted by molar-refractivity contribution is 6.33. The number of H-pyrrole nitrogens is 1. The second-order valence-electron chi connectivity index (χ2n) is 5.63. The Balaban J connectivity index is 1.84. The van der Waals surface area contributed by atoms with E-state index in [1.165, 1.54) is 32.1 Å². The van der Waals surface area contributed by atoms with Crippen LogP contribution in [0.3, 0.4) is 0 Å². The maximum atomic E-state index is 6.29. The first-order valence-corrected chi connectivity index (χ1v) is 7.71. The highest BCUT2D eigenvalue weighted by atomic mass is 35.5. The highest BCUT2D eigenvalue weighted by Gasteiger charge is 2.19. The van der Waals surface area contributed by atoms with Gasteiger partial charge in [0, 0.05) is 21.8 Å². The van der Waals surface area contributed by atoms with Crippen LogP contribution < -0.4 is 5.73 Å². The molecule has 0 saturated heterocycles. The number of aryl methyl sites for hydroxylation is 1. The van der Waals surface area contributed by atoms with E-state index in [-0.39, 0.29) is 0 Å². The van der Waals surface area contributed by atoms with Crippen molar-refractivity contribution in [1.82, 2.24) is 10.2 Å². The molecule has 4 heteroatoms. The molecular weight excluding hydrogens is 270 g/mol. The second-order valence-corrected chi connectivity index (χ2v) is 6.04. The first-order chi connectivity index (χ1) is 9.75. The fraction of sp³-hybridized carbons (Fsp3) is 0.438. The summed E-state index contributed by atoms with van der Waals surface area (Å²) >= 11 is 6.29. The third-order valence-electron chi connectivity index (χ3n) is 4.29. The van der Waals surface area contributed by atoms with E-state index in [2.05, 4.69) is 10.2 Å². The van der Waals surface area contributed by atoms with E-state index in [0.717, 1.165) is 34.2 Å². The Morgan fingerprint density at radius 2 is 2.00 bits per heavy atom. The van der Waals surface area contributed by atoms with Crippen LogP contribution in [0.15, 0.2) is 24.3 Å². The molecule has 1 fully saturated rings. The number of rotatable bonds is 4. The van der Waals surface area contributed by atoms with Crippen molar-refractivity contribution < 1.29 is 0 Å². The standard InChI is InChI=1S/C16H20ClN3/c17-13-8-4-3-7-12(13)15-14(19-20-16(15)18)10-9-11-5-1-2-6-11/h3-4,7-8,11H,1-2,5-6,9-10H2,(H3,18,19,20). The van der Waals surface area contributed by atoms with Gasteiger partial charge in [-0.05, 0) is 24.8 Å². The third-order valence-corrected chi connectivity index (χ3v) is 4.62. The summed E-state index contributed by atoms with van der Waals surface area (Å²) < 4.78 is 0. The van der Waals surface area contributed by atoms with E-state index in [9.17, 15) is 0 Å². The molecule has 2 aromatic rings. The number of benzene rings is 1. The molecule has 0 amide bonds. The van der Waals surface area contributed by atoms with Gasteiger partial charge in [0.05, 0.1) is 0 Å². The molecule has 0 aliphatic heterocycles. The zero-order valence-electron chi connectivity index (χ0n) is 11.5. The van der Waals surface area contributed by atoms with Crippen LogP contribution in [0.25, 0.3) is 11.1 Å². The van der Waals surface area contributed by atoms with Gasteiger partial charge in [0.1, 0.15) is 0 Å². The van der Waals surface area contributed by atoms with Crippen LogP contribution in [0.1, 0.15) is 37.8 Å². The van der Waals surface area contributed by atoms with E-state index in [4.69, 9.17) is 17.3 Å². The van der Waals surface area contributed by atoms with Crippen molar-refractivity contribution in [3.8, 4) is 11.1 Å². The van der Waals surface area contributed by atoms with Gasteiger partial charge in [0.25, 0.3) is 0 Å². The average Bonchev–Trinajstić information content (AvgIpc) is 3.07. The lowest BCUT2D eigenvalue weighted by molar-refractivity contribution is 0.501. The number of nitrogens with one attached hydrogen (secondary N) is 1. The molecular formula is C16H20ClN3. The van der Waals surface area contributed by atoms with E-state index in [1.807, 2.05) is 24.3 Å². The first-order valence-electron chi connectivity index (χ1n) is 7.33. The molecule has 0 unspecified atom stereocenters. The molecule has 3 nitrogen and oxygen atoms in total. The molecule has 0 bridgehead atoms. The number of nitrogens with zero attached hydrogens (tertiary/aromatic N) is 1. The summed E-state index contributed by atoms with van der Waals surface area (Å²) in [5.41, 5.74) is 9.09. The zero-order valence-corrected chi connectivity index (χ0v) is 12.3. The van der Waals surface area contributed by atoms with Gasteiger partial charge in [0.15, 0.2) is 5.82 Å². The summed E-state index contributed by atoms with van der Waals surface area (Å²) in [5, 5.41) is 7.99. The molecule has 1 aliphatic carbocycles. The molecule has 1 aromatic heterocycles. The van der Waals surface area contributed by atoms with Crippen LogP contribution in [0.4, 0.5) is 5.82 Å². The molecule has 3 N–H and O–H groups in total. The number of hydrogen-bond donors (Lipinski definition) is 2. The van der Waals surface area contributed by atoms with Crippen LogP contribution in [-0.2, 0) is 6.42 Å². The molecule has 0 radical (unpaired) electrons. The summed E-state index contributed by atoms with van der Waals surface area (Å²) in [7, 11) is 0. The maximum absolute atomic E-state index is 6.29. The van der Waals surface area contributed by atoms with Gasteiger partial charge in [-0.1, -0.05) is 55.5 Å². The molecule has 106 valence electrons. The van der Waals surface area contributed by atoms with E-state index in [1.54, 1.807) is 0 Å². The molecule has 1 saturated carbocycles. The van der Waals surface area contributed by atoms with Gasteiger partial charge in [-0.3, -0.25) is 5.10 Å². The van der Waals surface area contributed by atoms with Crippen molar-refractivity contribution in [3.05, 3.63) is 35.0 Å². The number of nitrogens with two attached hydrogens (primary N) is 1. The molecule has 3 rings (SSSR count). The molecule has 0 atom stereocenters. The summed E-state index contributed by atoms with van der Waals surface area (Å²) in [5.74, 6) is 1.40. The lowest BCUT2D eigenvalue weighted by Crippen LogP contribution is -1.98. The Kier molecular flexibility index (Phi) is 3.97. The summed E-state index contributed by atoms with van der Waals surface area (Å²) in [6, 6.07) is 7.81. The van der Waals surface area contributed by atoms with Crippen LogP contribution in [0, 0.1) is 5.92 Å². The zero-order chi connectivity index (χ0) is 13.9. The number of aromatic amines is 1. The quantitative estimate of drug-likeness (QED) is 0.874. The topological polar surface area (TPSA) is 54.7 Å². The molecule has 1 aliphatic rings. The van der Waals surface area contributed by atoms with Crippen LogP contribution in [-0.4, -0.2) is 10.2 Å². The molecule has 1 heterocycles. The fourth-order valence-electron chi connectivity index (χ4n) is 3.19.